The Balaban J connectivity index is 1.62. The standard InChI is InChI=1S/C19H16N2O3S/c1-13-7-8-16(24-13)9-10-18(22)20-14-4-2-5-15(12-14)21-19(23)17-6-3-11-25-17/h2-12H,1H3,(H,20,22)(H,21,23)/b10-9+. The first-order valence-corrected chi connectivity index (χ1v) is 8.48. The topological polar surface area (TPSA) is 71.3 Å². The van der Waals surface area contributed by atoms with E-state index >= 15 is 0 Å². The summed E-state index contributed by atoms with van der Waals surface area (Å²) in [6, 6.07) is 14.2. The lowest BCUT2D eigenvalue weighted by Crippen LogP contribution is -2.11. The van der Waals surface area contributed by atoms with Crippen LogP contribution in [0.2, 0.25) is 0 Å². The summed E-state index contributed by atoms with van der Waals surface area (Å²) in [4.78, 5) is 24.7. The van der Waals surface area contributed by atoms with Gasteiger partial charge in [0.15, 0.2) is 0 Å². The summed E-state index contributed by atoms with van der Waals surface area (Å²) in [5.74, 6) is 0.946. The van der Waals surface area contributed by atoms with E-state index < -0.39 is 0 Å². The number of furan rings is 1. The third-order valence-corrected chi connectivity index (χ3v) is 4.16. The zero-order valence-corrected chi connectivity index (χ0v) is 14.3. The first-order valence-electron chi connectivity index (χ1n) is 7.60. The Hall–Kier alpha value is -3.12. The zero-order chi connectivity index (χ0) is 17.6. The quantitative estimate of drug-likeness (QED) is 0.662. The maximum atomic E-state index is 12.1. The van der Waals surface area contributed by atoms with Crippen LogP contribution in [0.15, 0.2) is 64.4 Å². The van der Waals surface area contributed by atoms with E-state index in [1.165, 1.54) is 17.4 Å². The van der Waals surface area contributed by atoms with Crippen LogP contribution in [-0.4, -0.2) is 11.8 Å². The number of rotatable bonds is 5. The number of anilines is 2. The highest BCUT2D eigenvalue weighted by atomic mass is 32.1. The SMILES string of the molecule is Cc1ccc(/C=C/C(=O)Nc2cccc(NC(=O)c3cccs3)c2)o1. The van der Waals surface area contributed by atoms with Crippen LogP contribution in [0, 0.1) is 6.92 Å². The fourth-order valence-electron chi connectivity index (χ4n) is 2.16. The minimum absolute atomic E-state index is 0.174. The van der Waals surface area contributed by atoms with Crippen LogP contribution in [0.4, 0.5) is 11.4 Å². The van der Waals surface area contributed by atoms with E-state index in [0.717, 1.165) is 5.76 Å². The Bertz CT molecular complexity index is 910. The van der Waals surface area contributed by atoms with Crippen LogP contribution in [0.1, 0.15) is 21.2 Å². The molecule has 5 nitrogen and oxygen atoms in total. The largest absolute Gasteiger partial charge is 0.462 e. The van der Waals surface area contributed by atoms with E-state index in [9.17, 15) is 9.59 Å². The minimum atomic E-state index is -0.282. The lowest BCUT2D eigenvalue weighted by Gasteiger charge is -2.07. The highest BCUT2D eigenvalue weighted by Gasteiger charge is 2.07. The number of thiophene rings is 1. The van der Waals surface area contributed by atoms with Gasteiger partial charge in [-0.3, -0.25) is 9.59 Å². The molecule has 0 unspecified atom stereocenters. The van der Waals surface area contributed by atoms with Crippen molar-refractivity contribution in [2.75, 3.05) is 10.6 Å². The number of hydrogen-bond acceptors (Lipinski definition) is 4. The number of aryl methyl sites for hydroxylation is 1. The predicted molar refractivity (Wildman–Crippen MR) is 99.8 cm³/mol. The van der Waals surface area contributed by atoms with Crippen LogP contribution in [-0.2, 0) is 4.79 Å². The molecule has 0 radical (unpaired) electrons. The molecule has 0 fully saturated rings. The van der Waals surface area contributed by atoms with Crippen molar-refractivity contribution in [3.8, 4) is 0 Å². The van der Waals surface area contributed by atoms with Crippen molar-refractivity contribution in [1.82, 2.24) is 0 Å². The molecule has 25 heavy (non-hydrogen) atoms. The average molecular weight is 352 g/mol. The molecule has 2 aromatic heterocycles. The van der Waals surface area contributed by atoms with E-state index in [1.807, 2.05) is 24.4 Å². The van der Waals surface area contributed by atoms with Crippen molar-refractivity contribution in [3.05, 3.63) is 76.4 Å². The Morgan fingerprint density at radius 3 is 2.52 bits per heavy atom. The molecule has 2 amide bonds. The van der Waals surface area contributed by atoms with Gasteiger partial charge in [-0.05, 0) is 54.8 Å². The number of hydrogen-bond donors (Lipinski definition) is 2. The van der Waals surface area contributed by atoms with Crippen molar-refractivity contribution in [2.24, 2.45) is 0 Å². The van der Waals surface area contributed by atoms with Crippen molar-refractivity contribution in [1.29, 1.82) is 0 Å². The third kappa shape index (κ3) is 4.68. The molecule has 0 spiro atoms. The second kappa shape index (κ2) is 7.63. The van der Waals surface area contributed by atoms with Crippen molar-refractivity contribution < 1.29 is 14.0 Å². The van der Waals surface area contributed by atoms with Crippen LogP contribution in [0.5, 0.6) is 0 Å². The second-order valence-corrected chi connectivity index (χ2v) is 6.23. The van der Waals surface area contributed by atoms with Crippen LogP contribution in [0.25, 0.3) is 6.08 Å². The Labute approximate surface area is 149 Å². The molecule has 0 aliphatic rings. The van der Waals surface area contributed by atoms with Gasteiger partial charge in [-0.1, -0.05) is 12.1 Å². The Morgan fingerprint density at radius 1 is 1.04 bits per heavy atom. The molecule has 126 valence electrons. The first-order chi connectivity index (χ1) is 12.1. The van der Waals surface area contributed by atoms with E-state index in [4.69, 9.17) is 4.42 Å². The molecule has 1 aromatic carbocycles. The van der Waals surface area contributed by atoms with Gasteiger partial charge in [0.1, 0.15) is 11.5 Å². The van der Waals surface area contributed by atoms with Gasteiger partial charge in [0.25, 0.3) is 5.91 Å². The molecular formula is C19H16N2O3S. The third-order valence-electron chi connectivity index (χ3n) is 3.29. The summed E-state index contributed by atoms with van der Waals surface area (Å²) in [6.07, 6.45) is 3.00. The number of nitrogens with one attached hydrogen (secondary N) is 2. The molecule has 0 saturated carbocycles. The van der Waals surface area contributed by atoms with Crippen LogP contribution >= 0.6 is 11.3 Å². The van der Waals surface area contributed by atoms with Crippen molar-refractivity contribution in [3.63, 3.8) is 0 Å². The van der Waals surface area contributed by atoms with Gasteiger partial charge in [-0.2, -0.15) is 0 Å². The molecule has 3 aromatic rings. The molecule has 6 heteroatoms. The smallest absolute Gasteiger partial charge is 0.265 e. The van der Waals surface area contributed by atoms with Gasteiger partial charge in [0.05, 0.1) is 4.88 Å². The average Bonchev–Trinajstić information content (AvgIpc) is 3.25. The van der Waals surface area contributed by atoms with Crippen molar-refractivity contribution in [2.45, 2.75) is 6.92 Å². The van der Waals surface area contributed by atoms with E-state index in [-0.39, 0.29) is 11.8 Å². The summed E-state index contributed by atoms with van der Waals surface area (Å²) in [7, 11) is 0. The van der Waals surface area contributed by atoms with E-state index in [2.05, 4.69) is 10.6 Å². The molecular weight excluding hydrogens is 336 g/mol. The maximum Gasteiger partial charge on any atom is 0.265 e. The van der Waals surface area contributed by atoms with Gasteiger partial charge in [-0.15, -0.1) is 11.3 Å². The summed E-state index contributed by atoms with van der Waals surface area (Å²) in [5.41, 5.74) is 1.20. The molecule has 0 atom stereocenters. The number of amides is 2. The molecule has 0 aliphatic heterocycles. The molecule has 0 aliphatic carbocycles. The highest BCUT2D eigenvalue weighted by molar-refractivity contribution is 7.12. The van der Waals surface area contributed by atoms with Gasteiger partial charge in [-0.25, -0.2) is 0 Å². The van der Waals surface area contributed by atoms with Gasteiger partial charge in [0.2, 0.25) is 5.91 Å². The molecule has 0 bridgehead atoms. The number of carbonyl (C=O) groups excluding carboxylic acids is 2. The molecule has 3 rings (SSSR count). The second-order valence-electron chi connectivity index (χ2n) is 5.28. The zero-order valence-electron chi connectivity index (χ0n) is 13.5. The van der Waals surface area contributed by atoms with Gasteiger partial charge >= 0.3 is 0 Å². The van der Waals surface area contributed by atoms with E-state index in [1.54, 1.807) is 42.5 Å². The summed E-state index contributed by atoms with van der Waals surface area (Å²) in [5, 5.41) is 7.40. The summed E-state index contributed by atoms with van der Waals surface area (Å²) < 4.78 is 5.37. The van der Waals surface area contributed by atoms with Gasteiger partial charge in [0, 0.05) is 17.5 Å². The summed E-state index contributed by atoms with van der Waals surface area (Å²) in [6.45, 7) is 1.84. The molecule has 0 saturated heterocycles. The number of benzene rings is 1. The lowest BCUT2D eigenvalue weighted by atomic mass is 10.2. The summed E-state index contributed by atoms with van der Waals surface area (Å²) >= 11 is 1.37. The molecule has 2 heterocycles. The minimum Gasteiger partial charge on any atom is -0.462 e. The highest BCUT2D eigenvalue weighted by Crippen LogP contribution is 2.18. The van der Waals surface area contributed by atoms with Gasteiger partial charge < -0.3 is 15.1 Å². The Morgan fingerprint density at radius 2 is 1.84 bits per heavy atom. The number of carbonyl (C=O) groups is 2. The first kappa shape index (κ1) is 16.7. The molecule has 2 N–H and O–H groups in total. The normalized spacial score (nSPS) is 10.8. The monoisotopic (exact) mass is 352 g/mol. The van der Waals surface area contributed by atoms with Crippen LogP contribution < -0.4 is 10.6 Å². The fraction of sp³-hybridized carbons (Fsp3) is 0.0526. The van der Waals surface area contributed by atoms with Crippen molar-refractivity contribution >= 4 is 40.6 Å². The predicted octanol–water partition coefficient (Wildman–Crippen LogP) is 4.55. The maximum absolute atomic E-state index is 12.1. The Kier molecular flexibility index (Phi) is 5.11. The van der Waals surface area contributed by atoms with Crippen LogP contribution in [0.3, 0.4) is 0 Å². The fourth-order valence-corrected chi connectivity index (χ4v) is 2.78. The lowest BCUT2D eigenvalue weighted by molar-refractivity contribution is -0.111. The van der Waals surface area contributed by atoms with E-state index in [0.29, 0.717) is 22.0 Å².